The van der Waals surface area contributed by atoms with Crippen LogP contribution in [0.5, 0.6) is 0 Å². The summed E-state index contributed by atoms with van der Waals surface area (Å²) in [5.41, 5.74) is 1.19. The molecule has 1 aromatic rings. The Balaban J connectivity index is 1.98. The van der Waals surface area contributed by atoms with Crippen molar-refractivity contribution in [1.29, 1.82) is 0 Å². The number of rotatable bonds is 5. The van der Waals surface area contributed by atoms with E-state index in [1.165, 1.54) is 31.5 Å². The Morgan fingerprint density at radius 3 is 2.30 bits per heavy atom. The van der Waals surface area contributed by atoms with Crippen molar-refractivity contribution in [2.45, 2.75) is 45.7 Å². The van der Waals surface area contributed by atoms with Crippen LogP contribution in [0.2, 0.25) is 0 Å². The molecule has 0 amide bonds. The number of hydrogen-bond donors (Lipinski definition) is 1. The van der Waals surface area contributed by atoms with Gasteiger partial charge in [0.1, 0.15) is 5.82 Å². The third-order valence-corrected chi connectivity index (χ3v) is 4.35. The minimum atomic E-state index is -0.160. The molecule has 0 aliphatic carbocycles. The number of benzene rings is 1. The molecule has 1 atom stereocenters. The van der Waals surface area contributed by atoms with Gasteiger partial charge in [-0.3, -0.25) is 0 Å². The van der Waals surface area contributed by atoms with E-state index in [1.54, 1.807) is 12.1 Å². The molecule has 2 rings (SSSR count). The van der Waals surface area contributed by atoms with E-state index >= 15 is 0 Å². The Morgan fingerprint density at radius 1 is 1.20 bits per heavy atom. The first-order valence-electron chi connectivity index (χ1n) is 7.84. The van der Waals surface area contributed by atoms with Gasteiger partial charge in [-0.2, -0.15) is 0 Å². The molecule has 0 saturated carbocycles. The third kappa shape index (κ3) is 4.03. The summed E-state index contributed by atoms with van der Waals surface area (Å²) in [5.74, 6) is 0.345. The van der Waals surface area contributed by atoms with Crippen LogP contribution in [0.4, 0.5) is 4.39 Å². The molecule has 1 aliphatic rings. The second-order valence-electron chi connectivity index (χ2n) is 6.15. The summed E-state index contributed by atoms with van der Waals surface area (Å²) in [6, 6.07) is 7.84. The van der Waals surface area contributed by atoms with Crippen LogP contribution in [0.3, 0.4) is 0 Å². The Labute approximate surface area is 122 Å². The Morgan fingerprint density at radius 2 is 1.80 bits per heavy atom. The van der Waals surface area contributed by atoms with E-state index in [0.717, 1.165) is 6.54 Å². The van der Waals surface area contributed by atoms with E-state index in [4.69, 9.17) is 0 Å². The summed E-state index contributed by atoms with van der Waals surface area (Å²) in [6.45, 7) is 10.2. The van der Waals surface area contributed by atoms with Gasteiger partial charge in [0.2, 0.25) is 0 Å². The first-order chi connectivity index (χ1) is 9.60. The van der Waals surface area contributed by atoms with Gasteiger partial charge in [-0.05, 0) is 56.1 Å². The highest BCUT2D eigenvalue weighted by atomic mass is 19.1. The number of nitrogens with one attached hydrogen (secondary N) is 1. The predicted molar refractivity (Wildman–Crippen MR) is 82.3 cm³/mol. The Hall–Kier alpha value is -0.930. The van der Waals surface area contributed by atoms with Crippen molar-refractivity contribution in [2.24, 2.45) is 5.92 Å². The maximum absolute atomic E-state index is 13.1. The number of likely N-dealkylation sites (tertiary alicyclic amines) is 1. The van der Waals surface area contributed by atoms with E-state index in [0.29, 0.717) is 18.0 Å². The van der Waals surface area contributed by atoms with Crippen molar-refractivity contribution in [2.75, 3.05) is 19.6 Å². The minimum absolute atomic E-state index is 0.160. The zero-order valence-corrected chi connectivity index (χ0v) is 12.9. The van der Waals surface area contributed by atoms with Crippen LogP contribution in [-0.4, -0.2) is 30.6 Å². The molecule has 0 spiro atoms. The highest BCUT2D eigenvalue weighted by Crippen LogP contribution is 2.24. The van der Waals surface area contributed by atoms with E-state index in [1.807, 2.05) is 12.1 Å². The maximum Gasteiger partial charge on any atom is 0.123 e. The van der Waals surface area contributed by atoms with E-state index in [-0.39, 0.29) is 5.82 Å². The predicted octanol–water partition coefficient (Wildman–Crippen LogP) is 3.60. The molecular formula is C17H27FN2. The fraction of sp³-hybridized carbons (Fsp3) is 0.647. The van der Waals surface area contributed by atoms with Crippen molar-refractivity contribution in [3.63, 3.8) is 0 Å². The lowest BCUT2D eigenvalue weighted by Gasteiger charge is -2.35. The fourth-order valence-corrected chi connectivity index (χ4v) is 3.01. The van der Waals surface area contributed by atoms with Gasteiger partial charge in [-0.25, -0.2) is 4.39 Å². The first-order valence-corrected chi connectivity index (χ1v) is 7.84. The Kier molecular flexibility index (Phi) is 5.55. The molecule has 0 bridgehead atoms. The molecule has 2 nitrogen and oxygen atoms in total. The molecular weight excluding hydrogens is 251 g/mol. The largest absolute Gasteiger partial charge is 0.307 e. The van der Waals surface area contributed by atoms with Crippen LogP contribution in [0.1, 0.15) is 45.2 Å². The molecule has 1 unspecified atom stereocenters. The van der Waals surface area contributed by atoms with Crippen LogP contribution < -0.4 is 5.32 Å². The first kappa shape index (κ1) is 15.5. The van der Waals surface area contributed by atoms with Crippen LogP contribution in [-0.2, 0) is 0 Å². The average molecular weight is 278 g/mol. The summed E-state index contributed by atoms with van der Waals surface area (Å²) in [6.07, 6.45) is 2.41. The van der Waals surface area contributed by atoms with Gasteiger partial charge < -0.3 is 10.2 Å². The SMILES string of the molecule is CCN1CCC(NC(c2ccc(F)cc2)C(C)C)CC1. The van der Waals surface area contributed by atoms with Crippen LogP contribution in [0.25, 0.3) is 0 Å². The van der Waals surface area contributed by atoms with Crippen molar-refractivity contribution >= 4 is 0 Å². The van der Waals surface area contributed by atoms with Gasteiger partial charge in [0.25, 0.3) is 0 Å². The maximum atomic E-state index is 13.1. The summed E-state index contributed by atoms with van der Waals surface area (Å²) < 4.78 is 13.1. The summed E-state index contributed by atoms with van der Waals surface area (Å²) >= 11 is 0. The molecule has 0 radical (unpaired) electrons. The highest BCUT2D eigenvalue weighted by Gasteiger charge is 2.23. The quantitative estimate of drug-likeness (QED) is 0.885. The Bertz CT molecular complexity index is 394. The minimum Gasteiger partial charge on any atom is -0.307 e. The van der Waals surface area contributed by atoms with Crippen molar-refractivity contribution in [3.05, 3.63) is 35.6 Å². The number of nitrogens with zero attached hydrogens (tertiary/aromatic N) is 1. The molecule has 1 fully saturated rings. The summed E-state index contributed by atoms with van der Waals surface area (Å²) in [4.78, 5) is 2.50. The standard InChI is InChI=1S/C17H27FN2/c1-4-20-11-9-16(10-12-20)19-17(13(2)3)14-5-7-15(18)8-6-14/h5-8,13,16-17,19H,4,9-12H2,1-3H3. The third-order valence-electron chi connectivity index (χ3n) is 4.35. The monoisotopic (exact) mass is 278 g/mol. The number of piperidine rings is 1. The van der Waals surface area contributed by atoms with Gasteiger partial charge in [0, 0.05) is 12.1 Å². The molecule has 1 saturated heterocycles. The topological polar surface area (TPSA) is 15.3 Å². The van der Waals surface area contributed by atoms with Gasteiger partial charge in [-0.1, -0.05) is 32.9 Å². The lowest BCUT2D eigenvalue weighted by molar-refractivity contribution is 0.191. The van der Waals surface area contributed by atoms with Gasteiger partial charge in [0.05, 0.1) is 0 Å². The summed E-state index contributed by atoms with van der Waals surface area (Å²) in [5, 5.41) is 3.79. The van der Waals surface area contributed by atoms with Crippen molar-refractivity contribution in [1.82, 2.24) is 10.2 Å². The summed E-state index contributed by atoms with van der Waals surface area (Å²) in [7, 11) is 0. The highest BCUT2D eigenvalue weighted by molar-refractivity contribution is 5.20. The lowest BCUT2D eigenvalue weighted by atomic mass is 9.93. The zero-order valence-electron chi connectivity index (χ0n) is 12.9. The van der Waals surface area contributed by atoms with E-state index in [9.17, 15) is 4.39 Å². The zero-order chi connectivity index (χ0) is 14.5. The van der Waals surface area contributed by atoms with E-state index in [2.05, 4.69) is 31.0 Å². The van der Waals surface area contributed by atoms with Gasteiger partial charge in [-0.15, -0.1) is 0 Å². The number of hydrogen-bond acceptors (Lipinski definition) is 2. The molecule has 3 heteroatoms. The normalized spacial score (nSPS) is 19.4. The van der Waals surface area contributed by atoms with Crippen LogP contribution in [0, 0.1) is 11.7 Å². The van der Waals surface area contributed by atoms with Gasteiger partial charge in [0.15, 0.2) is 0 Å². The second-order valence-corrected chi connectivity index (χ2v) is 6.15. The molecule has 1 aromatic carbocycles. The van der Waals surface area contributed by atoms with E-state index < -0.39 is 0 Å². The molecule has 1 N–H and O–H groups in total. The lowest BCUT2D eigenvalue weighted by Crippen LogP contribution is -2.44. The van der Waals surface area contributed by atoms with Crippen LogP contribution >= 0.6 is 0 Å². The molecule has 1 aliphatic heterocycles. The molecule has 112 valence electrons. The molecule has 0 aromatic heterocycles. The van der Waals surface area contributed by atoms with Crippen molar-refractivity contribution < 1.29 is 4.39 Å². The van der Waals surface area contributed by atoms with Crippen molar-refractivity contribution in [3.8, 4) is 0 Å². The molecule has 1 heterocycles. The van der Waals surface area contributed by atoms with Crippen LogP contribution in [0.15, 0.2) is 24.3 Å². The molecule has 20 heavy (non-hydrogen) atoms. The number of halogens is 1. The second kappa shape index (κ2) is 7.19. The average Bonchev–Trinajstić information content (AvgIpc) is 2.46. The fourth-order valence-electron chi connectivity index (χ4n) is 3.01. The van der Waals surface area contributed by atoms with Gasteiger partial charge >= 0.3 is 0 Å². The smallest absolute Gasteiger partial charge is 0.123 e.